The van der Waals surface area contributed by atoms with Gasteiger partial charge in [0.1, 0.15) is 5.82 Å². The van der Waals surface area contributed by atoms with Crippen molar-refractivity contribution in [3.63, 3.8) is 0 Å². The molecule has 0 bridgehead atoms. The highest BCUT2D eigenvalue weighted by atomic mass is 79.9. The molecule has 0 aromatic carbocycles. The van der Waals surface area contributed by atoms with Gasteiger partial charge in [-0.25, -0.2) is 4.98 Å². The van der Waals surface area contributed by atoms with Gasteiger partial charge in [-0.1, -0.05) is 0 Å². The van der Waals surface area contributed by atoms with Crippen LogP contribution in [0, 0.1) is 0 Å². The Balaban J connectivity index is 2.38. The number of carbonyl (C=O) groups is 1. The van der Waals surface area contributed by atoms with Gasteiger partial charge in [0.15, 0.2) is 0 Å². The summed E-state index contributed by atoms with van der Waals surface area (Å²) in [4.78, 5) is 15.1. The first-order valence-electron chi connectivity index (χ1n) is 4.34. The average molecular weight is 258 g/mol. The second kappa shape index (κ2) is 5.59. The number of rotatable bonds is 4. The van der Waals surface area contributed by atoms with Crippen molar-refractivity contribution in [1.82, 2.24) is 10.3 Å². The van der Waals surface area contributed by atoms with E-state index in [4.69, 9.17) is 0 Å². The topological polar surface area (TPSA) is 54.0 Å². The molecule has 14 heavy (non-hydrogen) atoms. The van der Waals surface area contributed by atoms with Crippen LogP contribution in [0.5, 0.6) is 0 Å². The van der Waals surface area contributed by atoms with E-state index in [0.29, 0.717) is 12.4 Å². The van der Waals surface area contributed by atoms with Crippen molar-refractivity contribution in [1.29, 1.82) is 0 Å². The molecule has 0 aliphatic heterocycles. The minimum atomic E-state index is -0.0304. The fraction of sp³-hybridized carbons (Fsp3) is 0.333. The van der Waals surface area contributed by atoms with E-state index in [0.717, 1.165) is 4.47 Å². The third kappa shape index (κ3) is 3.74. The lowest BCUT2D eigenvalue weighted by atomic mass is 10.4. The molecule has 1 rings (SSSR count). The average Bonchev–Trinajstić information content (AvgIpc) is 2.17. The lowest BCUT2D eigenvalue weighted by Crippen LogP contribution is -2.29. The van der Waals surface area contributed by atoms with Gasteiger partial charge in [-0.2, -0.15) is 0 Å². The van der Waals surface area contributed by atoms with Gasteiger partial charge in [0.2, 0.25) is 5.91 Å². The zero-order valence-electron chi connectivity index (χ0n) is 7.88. The number of likely N-dealkylation sites (N-methyl/N-ethyl adjacent to an activating group) is 1. The van der Waals surface area contributed by atoms with Crippen LogP contribution in [0.2, 0.25) is 0 Å². The molecule has 0 atom stereocenters. The van der Waals surface area contributed by atoms with Crippen LogP contribution in [0.4, 0.5) is 5.82 Å². The molecule has 0 aliphatic rings. The molecule has 1 heterocycles. The van der Waals surface area contributed by atoms with Crippen molar-refractivity contribution in [2.75, 3.05) is 18.4 Å². The van der Waals surface area contributed by atoms with Crippen LogP contribution in [0.25, 0.3) is 0 Å². The summed E-state index contributed by atoms with van der Waals surface area (Å²) in [6.07, 6.45) is 1.68. The summed E-state index contributed by atoms with van der Waals surface area (Å²) >= 11 is 3.28. The molecular formula is C9H12BrN3O. The minimum Gasteiger partial charge on any atom is -0.361 e. The van der Waals surface area contributed by atoms with Crippen LogP contribution in [-0.4, -0.2) is 24.0 Å². The molecule has 0 aliphatic carbocycles. The number of carbonyl (C=O) groups excluding carboxylic acids is 1. The molecule has 76 valence electrons. The van der Waals surface area contributed by atoms with E-state index in [1.54, 1.807) is 6.20 Å². The first-order valence-corrected chi connectivity index (χ1v) is 5.14. The Kier molecular flexibility index (Phi) is 4.39. The molecule has 1 aromatic heterocycles. The molecule has 0 unspecified atom stereocenters. The van der Waals surface area contributed by atoms with Crippen LogP contribution in [-0.2, 0) is 4.79 Å². The van der Waals surface area contributed by atoms with Gasteiger partial charge < -0.3 is 10.6 Å². The molecule has 5 heteroatoms. The molecule has 4 nitrogen and oxygen atoms in total. The maximum absolute atomic E-state index is 11.1. The predicted octanol–water partition coefficient (Wildman–Crippen LogP) is 1.39. The molecule has 2 N–H and O–H groups in total. The van der Waals surface area contributed by atoms with Crippen LogP contribution in [0.1, 0.15) is 6.92 Å². The number of anilines is 1. The van der Waals surface area contributed by atoms with E-state index in [-0.39, 0.29) is 12.5 Å². The Bertz CT molecular complexity index is 299. The third-order valence-electron chi connectivity index (χ3n) is 1.53. The summed E-state index contributed by atoms with van der Waals surface area (Å²) in [5.74, 6) is 0.664. The zero-order valence-corrected chi connectivity index (χ0v) is 9.47. The van der Waals surface area contributed by atoms with Gasteiger partial charge in [-0.15, -0.1) is 0 Å². The van der Waals surface area contributed by atoms with E-state index in [1.807, 2.05) is 19.1 Å². The lowest BCUT2D eigenvalue weighted by molar-refractivity contribution is -0.119. The van der Waals surface area contributed by atoms with E-state index in [1.165, 1.54) is 0 Å². The SMILES string of the molecule is CCNC(=O)CNc1ccc(Br)cn1. The monoisotopic (exact) mass is 257 g/mol. The van der Waals surface area contributed by atoms with Crippen molar-refractivity contribution < 1.29 is 4.79 Å². The number of halogens is 1. The molecule has 1 aromatic rings. The lowest BCUT2D eigenvalue weighted by Gasteiger charge is -2.04. The van der Waals surface area contributed by atoms with Crippen LogP contribution >= 0.6 is 15.9 Å². The van der Waals surface area contributed by atoms with Crippen LogP contribution < -0.4 is 10.6 Å². The molecule has 0 spiro atoms. The number of hydrogen-bond acceptors (Lipinski definition) is 3. The van der Waals surface area contributed by atoms with Gasteiger partial charge in [-0.3, -0.25) is 4.79 Å². The number of nitrogens with one attached hydrogen (secondary N) is 2. The number of aromatic nitrogens is 1. The summed E-state index contributed by atoms with van der Waals surface area (Å²) in [7, 11) is 0. The molecular weight excluding hydrogens is 246 g/mol. The maximum Gasteiger partial charge on any atom is 0.239 e. The fourth-order valence-electron chi connectivity index (χ4n) is 0.911. The van der Waals surface area contributed by atoms with E-state index in [9.17, 15) is 4.79 Å². The highest BCUT2D eigenvalue weighted by Crippen LogP contribution is 2.09. The number of nitrogens with zero attached hydrogens (tertiary/aromatic N) is 1. The molecule has 0 radical (unpaired) electrons. The normalized spacial score (nSPS) is 9.57. The van der Waals surface area contributed by atoms with Gasteiger partial charge in [0, 0.05) is 17.2 Å². The predicted molar refractivity (Wildman–Crippen MR) is 59.1 cm³/mol. The van der Waals surface area contributed by atoms with Crippen molar-refractivity contribution in [3.05, 3.63) is 22.8 Å². The van der Waals surface area contributed by atoms with Gasteiger partial charge in [-0.05, 0) is 35.0 Å². The van der Waals surface area contributed by atoms with E-state index < -0.39 is 0 Å². The van der Waals surface area contributed by atoms with Gasteiger partial charge in [0.05, 0.1) is 6.54 Å². The maximum atomic E-state index is 11.1. The summed E-state index contributed by atoms with van der Waals surface area (Å²) in [5, 5.41) is 5.60. The summed E-state index contributed by atoms with van der Waals surface area (Å²) in [6.45, 7) is 2.78. The quantitative estimate of drug-likeness (QED) is 0.858. The second-order valence-electron chi connectivity index (χ2n) is 2.67. The largest absolute Gasteiger partial charge is 0.361 e. The Labute approximate surface area is 91.2 Å². The van der Waals surface area contributed by atoms with Crippen molar-refractivity contribution in [2.45, 2.75) is 6.92 Å². The Morgan fingerprint density at radius 3 is 2.93 bits per heavy atom. The highest BCUT2D eigenvalue weighted by Gasteiger charge is 1.99. The third-order valence-corrected chi connectivity index (χ3v) is 2.00. The van der Waals surface area contributed by atoms with E-state index >= 15 is 0 Å². The van der Waals surface area contributed by atoms with Crippen molar-refractivity contribution >= 4 is 27.7 Å². The first-order chi connectivity index (χ1) is 6.72. The summed E-state index contributed by atoms with van der Waals surface area (Å²) < 4.78 is 0.918. The molecule has 0 saturated carbocycles. The smallest absolute Gasteiger partial charge is 0.239 e. The number of hydrogen-bond donors (Lipinski definition) is 2. The zero-order chi connectivity index (χ0) is 10.4. The first kappa shape index (κ1) is 11.0. The minimum absolute atomic E-state index is 0.0304. The molecule has 0 saturated heterocycles. The van der Waals surface area contributed by atoms with Crippen molar-refractivity contribution in [3.8, 4) is 0 Å². The summed E-state index contributed by atoms with van der Waals surface area (Å²) in [6, 6.07) is 3.68. The Morgan fingerprint density at radius 1 is 1.57 bits per heavy atom. The fourth-order valence-corrected chi connectivity index (χ4v) is 1.15. The Morgan fingerprint density at radius 2 is 2.36 bits per heavy atom. The van der Waals surface area contributed by atoms with E-state index in [2.05, 4.69) is 31.5 Å². The van der Waals surface area contributed by atoms with Gasteiger partial charge >= 0.3 is 0 Å². The van der Waals surface area contributed by atoms with Crippen LogP contribution in [0.3, 0.4) is 0 Å². The Hall–Kier alpha value is -1.10. The van der Waals surface area contributed by atoms with Crippen LogP contribution in [0.15, 0.2) is 22.8 Å². The second-order valence-corrected chi connectivity index (χ2v) is 3.58. The standard InChI is InChI=1S/C9H12BrN3O/c1-2-11-9(14)6-13-8-4-3-7(10)5-12-8/h3-5H,2,6H2,1H3,(H,11,14)(H,12,13). The highest BCUT2D eigenvalue weighted by molar-refractivity contribution is 9.10. The van der Waals surface area contributed by atoms with Crippen molar-refractivity contribution in [2.24, 2.45) is 0 Å². The number of amides is 1. The van der Waals surface area contributed by atoms with Gasteiger partial charge in [0.25, 0.3) is 0 Å². The number of pyridine rings is 1. The molecule has 1 amide bonds. The molecule has 0 fully saturated rings. The summed E-state index contributed by atoms with van der Waals surface area (Å²) in [5.41, 5.74) is 0.